The molecule has 0 heterocycles. The highest BCUT2D eigenvalue weighted by atomic mass is 32.2. The first-order valence-corrected chi connectivity index (χ1v) is 7.99. The minimum Gasteiger partial charge on any atom is -0.387 e. The van der Waals surface area contributed by atoms with E-state index in [0.717, 1.165) is 5.69 Å². The second-order valence-electron chi connectivity index (χ2n) is 4.79. The van der Waals surface area contributed by atoms with Gasteiger partial charge in [0.25, 0.3) is 10.0 Å². The van der Waals surface area contributed by atoms with E-state index in [9.17, 15) is 8.42 Å². The largest absolute Gasteiger partial charge is 0.387 e. The Hall–Kier alpha value is -2.21. The highest BCUT2D eigenvalue weighted by molar-refractivity contribution is 7.92. The van der Waals surface area contributed by atoms with Gasteiger partial charge in [0.15, 0.2) is 0 Å². The fourth-order valence-corrected chi connectivity index (χ4v) is 3.22. The maximum Gasteiger partial charge on any atom is 0.263 e. The summed E-state index contributed by atoms with van der Waals surface area (Å²) < 4.78 is 27.5. The molecule has 0 saturated carbocycles. The SMILES string of the molecule is CNc1ccccc1S(=O)(=O)Nc1ccc(N(C)C)cc1. The number of para-hydroxylation sites is 1. The number of rotatable bonds is 5. The Morgan fingerprint density at radius 2 is 1.57 bits per heavy atom. The Kier molecular flexibility index (Phi) is 4.37. The average Bonchev–Trinajstić information content (AvgIpc) is 2.47. The molecule has 2 aromatic carbocycles. The minimum atomic E-state index is -3.62. The topological polar surface area (TPSA) is 61.4 Å². The lowest BCUT2D eigenvalue weighted by atomic mass is 10.3. The lowest BCUT2D eigenvalue weighted by Gasteiger charge is -2.14. The molecule has 0 saturated heterocycles. The summed E-state index contributed by atoms with van der Waals surface area (Å²) in [7, 11) is 1.95. The Labute approximate surface area is 125 Å². The molecule has 2 rings (SSSR count). The summed E-state index contributed by atoms with van der Waals surface area (Å²) >= 11 is 0. The van der Waals surface area contributed by atoms with Gasteiger partial charge in [-0.15, -0.1) is 0 Å². The summed E-state index contributed by atoms with van der Waals surface area (Å²) in [5, 5.41) is 2.89. The van der Waals surface area contributed by atoms with Gasteiger partial charge in [-0.3, -0.25) is 4.72 Å². The molecule has 5 nitrogen and oxygen atoms in total. The summed E-state index contributed by atoms with van der Waals surface area (Å²) in [5.74, 6) is 0. The van der Waals surface area contributed by atoms with Crippen molar-refractivity contribution >= 4 is 27.1 Å². The van der Waals surface area contributed by atoms with E-state index < -0.39 is 10.0 Å². The van der Waals surface area contributed by atoms with Crippen LogP contribution in [0.4, 0.5) is 17.1 Å². The monoisotopic (exact) mass is 305 g/mol. The van der Waals surface area contributed by atoms with Gasteiger partial charge < -0.3 is 10.2 Å². The Morgan fingerprint density at radius 1 is 0.952 bits per heavy atom. The van der Waals surface area contributed by atoms with Gasteiger partial charge in [-0.1, -0.05) is 12.1 Å². The number of nitrogens with one attached hydrogen (secondary N) is 2. The molecule has 2 aromatic rings. The Balaban J connectivity index is 2.29. The van der Waals surface area contributed by atoms with Crippen molar-refractivity contribution in [3.63, 3.8) is 0 Å². The van der Waals surface area contributed by atoms with Crippen molar-refractivity contribution in [2.75, 3.05) is 36.1 Å². The van der Waals surface area contributed by atoms with Crippen LogP contribution in [-0.4, -0.2) is 29.6 Å². The van der Waals surface area contributed by atoms with Gasteiger partial charge in [0.1, 0.15) is 4.90 Å². The van der Waals surface area contributed by atoms with Gasteiger partial charge in [-0.2, -0.15) is 0 Å². The molecule has 0 radical (unpaired) electrons. The van der Waals surface area contributed by atoms with E-state index in [1.54, 1.807) is 43.4 Å². The molecule has 0 atom stereocenters. The van der Waals surface area contributed by atoms with Gasteiger partial charge >= 0.3 is 0 Å². The normalized spacial score (nSPS) is 11.0. The van der Waals surface area contributed by atoms with Gasteiger partial charge in [0.2, 0.25) is 0 Å². The fraction of sp³-hybridized carbons (Fsp3) is 0.200. The lowest BCUT2D eigenvalue weighted by molar-refractivity contribution is 0.601. The van der Waals surface area contributed by atoms with Crippen LogP contribution in [0.2, 0.25) is 0 Å². The summed E-state index contributed by atoms with van der Waals surface area (Å²) in [6, 6.07) is 14.0. The molecule has 0 amide bonds. The van der Waals surface area contributed by atoms with E-state index >= 15 is 0 Å². The van der Waals surface area contributed by atoms with Crippen molar-refractivity contribution in [3.8, 4) is 0 Å². The number of nitrogens with zero attached hydrogens (tertiary/aromatic N) is 1. The molecule has 6 heteroatoms. The third kappa shape index (κ3) is 3.46. The van der Waals surface area contributed by atoms with Crippen LogP contribution < -0.4 is 14.9 Å². The first-order valence-electron chi connectivity index (χ1n) is 6.51. The van der Waals surface area contributed by atoms with E-state index in [0.29, 0.717) is 11.4 Å². The predicted molar refractivity (Wildman–Crippen MR) is 87.6 cm³/mol. The molecule has 112 valence electrons. The zero-order valence-corrected chi connectivity index (χ0v) is 13.1. The maximum absolute atomic E-state index is 12.4. The Bertz CT molecular complexity index is 710. The van der Waals surface area contributed by atoms with Crippen LogP contribution in [0.5, 0.6) is 0 Å². The van der Waals surface area contributed by atoms with Gasteiger partial charge in [-0.05, 0) is 36.4 Å². The number of anilines is 3. The van der Waals surface area contributed by atoms with Crippen LogP contribution in [0.3, 0.4) is 0 Å². The summed E-state index contributed by atoms with van der Waals surface area (Å²) in [6.45, 7) is 0. The zero-order valence-electron chi connectivity index (χ0n) is 12.3. The molecule has 0 aliphatic carbocycles. The van der Waals surface area contributed by atoms with E-state index in [2.05, 4.69) is 10.0 Å². The second-order valence-corrected chi connectivity index (χ2v) is 6.44. The quantitative estimate of drug-likeness (QED) is 0.891. The smallest absolute Gasteiger partial charge is 0.263 e. The fourth-order valence-electron chi connectivity index (χ4n) is 1.95. The summed E-state index contributed by atoms with van der Waals surface area (Å²) in [6.07, 6.45) is 0. The lowest BCUT2D eigenvalue weighted by Crippen LogP contribution is -2.15. The van der Waals surface area contributed by atoms with E-state index in [1.807, 2.05) is 31.1 Å². The van der Waals surface area contributed by atoms with Crippen LogP contribution in [0.1, 0.15) is 0 Å². The maximum atomic E-state index is 12.4. The Morgan fingerprint density at radius 3 is 2.14 bits per heavy atom. The molecular weight excluding hydrogens is 286 g/mol. The van der Waals surface area contributed by atoms with E-state index in [1.165, 1.54) is 0 Å². The van der Waals surface area contributed by atoms with Crippen LogP contribution in [-0.2, 0) is 10.0 Å². The van der Waals surface area contributed by atoms with Crippen LogP contribution in [0.15, 0.2) is 53.4 Å². The molecule has 0 aromatic heterocycles. The average molecular weight is 305 g/mol. The standard InChI is InChI=1S/C15H19N3O2S/c1-16-14-6-4-5-7-15(14)21(19,20)17-12-8-10-13(11-9-12)18(2)3/h4-11,16-17H,1-3H3. The third-order valence-corrected chi connectivity index (χ3v) is 4.52. The van der Waals surface area contributed by atoms with Crippen molar-refractivity contribution in [3.05, 3.63) is 48.5 Å². The molecule has 0 unspecified atom stereocenters. The van der Waals surface area contributed by atoms with Gasteiger partial charge in [-0.25, -0.2) is 8.42 Å². The number of benzene rings is 2. The first kappa shape index (κ1) is 15.2. The highest BCUT2D eigenvalue weighted by Gasteiger charge is 2.17. The number of hydrogen-bond donors (Lipinski definition) is 2. The predicted octanol–water partition coefficient (Wildman–Crippen LogP) is 2.60. The molecule has 0 aliphatic heterocycles. The summed E-state index contributed by atoms with van der Waals surface area (Å²) in [4.78, 5) is 2.18. The van der Waals surface area contributed by atoms with Crippen molar-refractivity contribution in [2.45, 2.75) is 4.90 Å². The van der Waals surface area contributed by atoms with E-state index in [-0.39, 0.29) is 4.90 Å². The third-order valence-electron chi connectivity index (χ3n) is 3.08. The minimum absolute atomic E-state index is 0.226. The van der Waals surface area contributed by atoms with Gasteiger partial charge in [0, 0.05) is 32.5 Å². The van der Waals surface area contributed by atoms with E-state index in [4.69, 9.17) is 0 Å². The van der Waals surface area contributed by atoms with Crippen LogP contribution in [0.25, 0.3) is 0 Å². The van der Waals surface area contributed by atoms with Gasteiger partial charge in [0.05, 0.1) is 5.69 Å². The number of sulfonamides is 1. The van der Waals surface area contributed by atoms with Crippen molar-refractivity contribution < 1.29 is 8.42 Å². The molecule has 0 aliphatic rings. The molecular formula is C15H19N3O2S. The van der Waals surface area contributed by atoms with Crippen LogP contribution >= 0.6 is 0 Å². The molecule has 2 N–H and O–H groups in total. The molecule has 0 bridgehead atoms. The van der Waals surface area contributed by atoms with Crippen molar-refractivity contribution in [1.29, 1.82) is 0 Å². The zero-order chi connectivity index (χ0) is 15.5. The molecule has 21 heavy (non-hydrogen) atoms. The van der Waals surface area contributed by atoms with Crippen LogP contribution in [0, 0.1) is 0 Å². The first-order chi connectivity index (χ1) is 9.94. The van der Waals surface area contributed by atoms with Crippen molar-refractivity contribution in [1.82, 2.24) is 0 Å². The second kappa shape index (κ2) is 6.05. The highest BCUT2D eigenvalue weighted by Crippen LogP contribution is 2.24. The summed E-state index contributed by atoms with van der Waals surface area (Å²) in [5.41, 5.74) is 2.11. The molecule has 0 spiro atoms. The number of hydrogen-bond acceptors (Lipinski definition) is 4. The van der Waals surface area contributed by atoms with Crippen molar-refractivity contribution in [2.24, 2.45) is 0 Å². The molecule has 0 fully saturated rings.